The van der Waals surface area contributed by atoms with Gasteiger partial charge in [0.1, 0.15) is 11.4 Å². The summed E-state index contributed by atoms with van der Waals surface area (Å²) < 4.78 is 5.18. The van der Waals surface area contributed by atoms with Crippen LogP contribution < -0.4 is 16.8 Å². The van der Waals surface area contributed by atoms with Gasteiger partial charge in [0.2, 0.25) is 0 Å². The molecule has 148 valence electrons. The van der Waals surface area contributed by atoms with Crippen molar-refractivity contribution in [3.8, 4) is 0 Å². The molecule has 0 atom stereocenters. The summed E-state index contributed by atoms with van der Waals surface area (Å²) in [6, 6.07) is 10.3. The summed E-state index contributed by atoms with van der Waals surface area (Å²) in [6.45, 7) is 8.63. The summed E-state index contributed by atoms with van der Waals surface area (Å²) in [5.74, 6) is 0.441. The third-order valence-corrected chi connectivity index (χ3v) is 4.09. The van der Waals surface area contributed by atoms with Crippen LogP contribution in [0.5, 0.6) is 0 Å². The number of carbonyl (C=O) groups excluding carboxylic acids is 1. The van der Waals surface area contributed by atoms with Gasteiger partial charge in [-0.2, -0.15) is 0 Å². The fraction of sp³-hybridized carbons (Fsp3) is 0.500. The van der Waals surface area contributed by atoms with Crippen molar-refractivity contribution < 1.29 is 9.53 Å². The molecule has 7 nitrogen and oxygen atoms in total. The van der Waals surface area contributed by atoms with Crippen LogP contribution in [0.1, 0.15) is 32.8 Å². The highest BCUT2D eigenvalue weighted by atomic mass is 16.6. The second-order valence-corrected chi connectivity index (χ2v) is 7.65. The molecule has 1 aromatic carbocycles. The number of nitrogens with two attached hydrogens (primary N) is 2. The normalized spacial score (nSPS) is 16.3. The van der Waals surface area contributed by atoms with Crippen LogP contribution in [0.25, 0.3) is 0 Å². The van der Waals surface area contributed by atoms with Gasteiger partial charge in [-0.25, -0.2) is 4.79 Å². The van der Waals surface area contributed by atoms with Gasteiger partial charge in [-0.3, -0.25) is 9.89 Å². The summed E-state index contributed by atoms with van der Waals surface area (Å²) in [7, 11) is 0. The Labute approximate surface area is 161 Å². The SMILES string of the molecule is CC(C)(C)OC(=O)NCCN=C(N)C1=C(N)CCN(Cc2ccccc2)C1. The summed E-state index contributed by atoms with van der Waals surface area (Å²) in [6.07, 6.45) is 0.316. The van der Waals surface area contributed by atoms with E-state index < -0.39 is 11.7 Å². The fourth-order valence-electron chi connectivity index (χ4n) is 2.80. The highest BCUT2D eigenvalue weighted by Crippen LogP contribution is 2.17. The molecule has 0 unspecified atom stereocenters. The van der Waals surface area contributed by atoms with E-state index in [9.17, 15) is 4.79 Å². The Hall–Kier alpha value is -2.54. The number of hydrogen-bond donors (Lipinski definition) is 3. The van der Waals surface area contributed by atoms with E-state index in [0.29, 0.717) is 25.5 Å². The molecule has 0 bridgehead atoms. The molecule has 0 spiro atoms. The first-order chi connectivity index (χ1) is 12.7. The number of amides is 1. The van der Waals surface area contributed by atoms with E-state index in [1.807, 2.05) is 39.0 Å². The number of ether oxygens (including phenoxy) is 1. The van der Waals surface area contributed by atoms with Crippen LogP contribution in [0, 0.1) is 0 Å². The quantitative estimate of drug-likeness (QED) is 0.402. The summed E-state index contributed by atoms with van der Waals surface area (Å²) >= 11 is 0. The molecule has 5 N–H and O–H groups in total. The van der Waals surface area contributed by atoms with Crippen LogP contribution in [0.4, 0.5) is 4.79 Å². The Morgan fingerprint density at radius 1 is 1.30 bits per heavy atom. The number of aliphatic imine (C=N–C) groups is 1. The van der Waals surface area contributed by atoms with E-state index in [1.54, 1.807) is 0 Å². The topological polar surface area (TPSA) is 106 Å². The number of carbonyl (C=O) groups is 1. The minimum absolute atomic E-state index is 0.358. The molecular formula is C20H31N5O2. The molecular weight excluding hydrogens is 342 g/mol. The van der Waals surface area contributed by atoms with Gasteiger partial charge in [0, 0.05) is 43.9 Å². The molecule has 1 aliphatic rings. The van der Waals surface area contributed by atoms with Gasteiger partial charge in [0.15, 0.2) is 0 Å². The van der Waals surface area contributed by atoms with Crippen LogP contribution in [0.2, 0.25) is 0 Å². The zero-order chi connectivity index (χ0) is 19.9. The zero-order valence-corrected chi connectivity index (χ0v) is 16.5. The molecule has 0 saturated carbocycles. The maximum Gasteiger partial charge on any atom is 0.407 e. The van der Waals surface area contributed by atoms with Crippen molar-refractivity contribution in [2.45, 2.75) is 39.3 Å². The lowest BCUT2D eigenvalue weighted by Crippen LogP contribution is -2.38. The van der Waals surface area contributed by atoms with Gasteiger partial charge in [-0.15, -0.1) is 0 Å². The van der Waals surface area contributed by atoms with Crippen molar-refractivity contribution in [2.75, 3.05) is 26.2 Å². The van der Waals surface area contributed by atoms with Gasteiger partial charge in [-0.05, 0) is 26.3 Å². The fourth-order valence-corrected chi connectivity index (χ4v) is 2.80. The maximum absolute atomic E-state index is 11.6. The molecule has 27 heavy (non-hydrogen) atoms. The lowest BCUT2D eigenvalue weighted by molar-refractivity contribution is 0.0529. The van der Waals surface area contributed by atoms with E-state index in [-0.39, 0.29) is 0 Å². The minimum atomic E-state index is -0.518. The second-order valence-electron chi connectivity index (χ2n) is 7.65. The first kappa shape index (κ1) is 20.8. The highest BCUT2D eigenvalue weighted by Gasteiger charge is 2.20. The van der Waals surface area contributed by atoms with E-state index in [0.717, 1.165) is 30.8 Å². The second kappa shape index (κ2) is 9.41. The van der Waals surface area contributed by atoms with Gasteiger partial charge >= 0.3 is 6.09 Å². The van der Waals surface area contributed by atoms with Crippen LogP contribution in [-0.4, -0.2) is 48.6 Å². The van der Waals surface area contributed by atoms with Crippen molar-refractivity contribution in [1.29, 1.82) is 0 Å². The van der Waals surface area contributed by atoms with Crippen molar-refractivity contribution >= 4 is 11.9 Å². The Bertz CT molecular complexity index is 692. The lowest BCUT2D eigenvalue weighted by atomic mass is 10.0. The van der Waals surface area contributed by atoms with Gasteiger partial charge in [0.05, 0.1) is 6.54 Å². The predicted molar refractivity (Wildman–Crippen MR) is 108 cm³/mol. The van der Waals surface area contributed by atoms with Crippen LogP contribution in [0.15, 0.2) is 46.6 Å². The van der Waals surface area contributed by atoms with Crippen molar-refractivity contribution in [3.05, 3.63) is 47.2 Å². The van der Waals surface area contributed by atoms with Gasteiger partial charge in [-0.1, -0.05) is 30.3 Å². The Balaban J connectivity index is 1.85. The molecule has 0 aromatic heterocycles. The van der Waals surface area contributed by atoms with Crippen molar-refractivity contribution in [1.82, 2.24) is 10.2 Å². The van der Waals surface area contributed by atoms with E-state index in [2.05, 4.69) is 27.3 Å². The first-order valence-electron chi connectivity index (χ1n) is 9.25. The lowest BCUT2D eigenvalue weighted by Gasteiger charge is -2.29. The van der Waals surface area contributed by atoms with Crippen LogP contribution in [0.3, 0.4) is 0 Å². The average molecular weight is 374 g/mol. The predicted octanol–water partition coefficient (Wildman–Crippen LogP) is 1.99. The monoisotopic (exact) mass is 373 g/mol. The average Bonchev–Trinajstić information content (AvgIpc) is 2.59. The number of hydrogen-bond acceptors (Lipinski definition) is 5. The largest absolute Gasteiger partial charge is 0.444 e. The molecule has 1 amide bonds. The van der Waals surface area contributed by atoms with Crippen LogP contribution in [-0.2, 0) is 11.3 Å². The van der Waals surface area contributed by atoms with E-state index >= 15 is 0 Å². The number of alkyl carbamates (subject to hydrolysis) is 1. The Morgan fingerprint density at radius 3 is 2.67 bits per heavy atom. The van der Waals surface area contributed by atoms with Crippen molar-refractivity contribution in [3.63, 3.8) is 0 Å². The molecule has 0 fully saturated rings. The molecule has 0 aliphatic carbocycles. The minimum Gasteiger partial charge on any atom is -0.444 e. The third-order valence-electron chi connectivity index (χ3n) is 4.09. The van der Waals surface area contributed by atoms with E-state index in [4.69, 9.17) is 16.2 Å². The number of benzene rings is 1. The number of nitrogens with zero attached hydrogens (tertiary/aromatic N) is 2. The Morgan fingerprint density at radius 2 is 2.00 bits per heavy atom. The molecule has 7 heteroatoms. The summed E-state index contributed by atoms with van der Waals surface area (Å²) in [5.41, 5.74) is 14.7. The highest BCUT2D eigenvalue weighted by molar-refractivity contribution is 5.98. The molecule has 0 saturated heterocycles. The molecule has 1 heterocycles. The zero-order valence-electron chi connectivity index (χ0n) is 16.5. The molecule has 1 aliphatic heterocycles. The van der Waals surface area contributed by atoms with Gasteiger partial charge in [0.25, 0.3) is 0 Å². The van der Waals surface area contributed by atoms with Crippen molar-refractivity contribution in [2.24, 2.45) is 16.5 Å². The summed E-state index contributed by atoms with van der Waals surface area (Å²) in [4.78, 5) is 18.3. The molecule has 2 rings (SSSR count). The third kappa shape index (κ3) is 7.30. The molecule has 0 radical (unpaired) electrons. The van der Waals surface area contributed by atoms with E-state index in [1.165, 1.54) is 5.56 Å². The van der Waals surface area contributed by atoms with Gasteiger partial charge < -0.3 is 21.5 Å². The maximum atomic E-state index is 11.6. The smallest absolute Gasteiger partial charge is 0.407 e. The van der Waals surface area contributed by atoms with Crippen LogP contribution >= 0.6 is 0 Å². The number of amidine groups is 1. The molecule has 1 aromatic rings. The number of rotatable bonds is 6. The first-order valence-corrected chi connectivity index (χ1v) is 9.25. The number of nitrogens with one attached hydrogen (secondary N) is 1. The summed E-state index contributed by atoms with van der Waals surface area (Å²) in [5, 5.41) is 2.67. The standard InChI is InChI=1S/C20H31N5O2/c1-20(2,3)27-19(26)24-11-10-23-18(22)16-14-25(12-9-17(16)21)13-15-7-5-4-6-8-15/h4-8H,9-14,21H2,1-3H3,(H2,22,23)(H,24,26). The Kier molecular flexibility index (Phi) is 7.24.